The van der Waals surface area contributed by atoms with Crippen molar-refractivity contribution in [3.8, 4) is 5.75 Å². The first-order valence-corrected chi connectivity index (χ1v) is 8.93. The minimum absolute atomic E-state index is 0.120. The van der Waals surface area contributed by atoms with Crippen molar-refractivity contribution in [2.45, 2.75) is 19.8 Å². The molecule has 0 amide bonds. The Hall–Kier alpha value is -1.82. The van der Waals surface area contributed by atoms with E-state index in [0.29, 0.717) is 33.0 Å². The van der Waals surface area contributed by atoms with Crippen LogP contribution in [0.3, 0.4) is 0 Å². The summed E-state index contributed by atoms with van der Waals surface area (Å²) in [4.78, 5) is 11.5. The largest absolute Gasteiger partial charge is 0.420 e. The Morgan fingerprint density at radius 2 is 1.00 bits per heavy atom. The molecule has 166 valence electrons. The number of carbonyl (C=O) groups is 1. The minimum Gasteiger partial charge on any atom is -0.420 e. The summed E-state index contributed by atoms with van der Waals surface area (Å²) >= 11 is 0. The molecule has 0 unspecified atom stereocenters. The van der Waals surface area contributed by atoms with E-state index in [9.17, 15) is 26.7 Å². The van der Waals surface area contributed by atoms with Crippen LogP contribution in [0.2, 0.25) is 0 Å². The van der Waals surface area contributed by atoms with E-state index in [1.54, 1.807) is 0 Å². The Kier molecular flexibility index (Phi) is 12.4. The first-order valence-electron chi connectivity index (χ1n) is 8.93. The van der Waals surface area contributed by atoms with Gasteiger partial charge in [-0.3, -0.25) is 4.79 Å². The van der Waals surface area contributed by atoms with Crippen molar-refractivity contribution in [2.24, 2.45) is 0 Å². The van der Waals surface area contributed by atoms with Crippen molar-refractivity contribution in [1.29, 1.82) is 0 Å². The Labute approximate surface area is 164 Å². The molecule has 0 aliphatic carbocycles. The number of hydrogen-bond donors (Lipinski definition) is 0. The van der Waals surface area contributed by atoms with Crippen LogP contribution in [-0.2, 0) is 23.7 Å². The van der Waals surface area contributed by atoms with Gasteiger partial charge < -0.3 is 23.7 Å². The fourth-order valence-electron chi connectivity index (χ4n) is 1.90. The normalized spacial score (nSPS) is 11.1. The number of esters is 1. The van der Waals surface area contributed by atoms with Crippen LogP contribution in [0.15, 0.2) is 0 Å². The predicted molar refractivity (Wildman–Crippen MR) is 90.1 cm³/mol. The van der Waals surface area contributed by atoms with Crippen LogP contribution in [0.5, 0.6) is 5.75 Å². The van der Waals surface area contributed by atoms with Crippen molar-refractivity contribution in [2.75, 3.05) is 52.9 Å². The smallest absolute Gasteiger partial charge is 0.313 e. The summed E-state index contributed by atoms with van der Waals surface area (Å²) in [5.74, 6) is -14.0. The van der Waals surface area contributed by atoms with Crippen molar-refractivity contribution in [1.82, 2.24) is 0 Å². The average Bonchev–Trinajstić information content (AvgIpc) is 2.71. The maximum atomic E-state index is 13.4. The average molecular weight is 430 g/mol. The van der Waals surface area contributed by atoms with Gasteiger partial charge in [-0.2, -0.15) is 8.78 Å². The van der Waals surface area contributed by atoms with Gasteiger partial charge in [-0.25, -0.2) is 13.2 Å². The van der Waals surface area contributed by atoms with Crippen molar-refractivity contribution in [3.63, 3.8) is 0 Å². The number of ether oxygens (including phenoxy) is 5. The summed E-state index contributed by atoms with van der Waals surface area (Å²) < 4.78 is 90.7. The van der Waals surface area contributed by atoms with Crippen LogP contribution in [-0.4, -0.2) is 58.8 Å². The zero-order valence-corrected chi connectivity index (χ0v) is 15.9. The van der Waals surface area contributed by atoms with Gasteiger partial charge in [-0.15, -0.1) is 0 Å². The van der Waals surface area contributed by atoms with E-state index in [2.05, 4.69) is 4.74 Å². The molecule has 11 heteroatoms. The molecule has 0 atom stereocenters. The lowest BCUT2D eigenvalue weighted by Gasteiger charge is -2.09. The van der Waals surface area contributed by atoms with Gasteiger partial charge in [-0.1, -0.05) is 6.92 Å². The van der Waals surface area contributed by atoms with E-state index in [4.69, 9.17) is 18.9 Å². The summed E-state index contributed by atoms with van der Waals surface area (Å²) in [5.41, 5.74) is 0. The first kappa shape index (κ1) is 25.2. The lowest BCUT2D eigenvalue weighted by Crippen LogP contribution is -2.16. The SMILES string of the molecule is CCCOCCOCCOCCOCCC(=O)Oc1c(F)c(F)c(F)c(F)c1F. The summed E-state index contributed by atoms with van der Waals surface area (Å²) in [6.45, 7) is 4.52. The molecule has 0 fully saturated rings. The van der Waals surface area contributed by atoms with Gasteiger partial charge in [0.15, 0.2) is 0 Å². The maximum absolute atomic E-state index is 13.4. The predicted octanol–water partition coefficient (Wildman–Crippen LogP) is 3.15. The minimum atomic E-state index is -2.33. The fourth-order valence-corrected chi connectivity index (χ4v) is 1.90. The molecule has 0 radical (unpaired) electrons. The number of rotatable bonds is 15. The van der Waals surface area contributed by atoms with Crippen LogP contribution >= 0.6 is 0 Å². The van der Waals surface area contributed by atoms with E-state index in [1.807, 2.05) is 6.92 Å². The Morgan fingerprint density at radius 3 is 1.45 bits per heavy atom. The van der Waals surface area contributed by atoms with E-state index in [1.165, 1.54) is 0 Å². The van der Waals surface area contributed by atoms with Crippen molar-refractivity contribution in [3.05, 3.63) is 29.1 Å². The molecule has 6 nitrogen and oxygen atoms in total. The van der Waals surface area contributed by atoms with E-state index in [-0.39, 0.29) is 19.8 Å². The third kappa shape index (κ3) is 9.03. The highest BCUT2D eigenvalue weighted by Crippen LogP contribution is 2.29. The van der Waals surface area contributed by atoms with Crippen LogP contribution in [0.4, 0.5) is 22.0 Å². The second-order valence-corrected chi connectivity index (χ2v) is 5.57. The molecule has 0 heterocycles. The first-order chi connectivity index (χ1) is 13.9. The molecule has 0 spiro atoms. The second-order valence-electron chi connectivity index (χ2n) is 5.57. The van der Waals surface area contributed by atoms with Crippen LogP contribution in [0, 0.1) is 29.1 Å². The Morgan fingerprint density at radius 1 is 0.621 bits per heavy atom. The summed E-state index contributed by atoms with van der Waals surface area (Å²) in [5, 5.41) is 0. The molecule has 0 aromatic heterocycles. The molecule has 0 saturated heterocycles. The molecule has 0 bridgehead atoms. The van der Waals surface area contributed by atoms with Gasteiger partial charge >= 0.3 is 5.97 Å². The quantitative estimate of drug-likeness (QED) is 0.106. The molecule has 1 rings (SSSR count). The van der Waals surface area contributed by atoms with Gasteiger partial charge in [0.2, 0.25) is 34.8 Å². The highest BCUT2D eigenvalue weighted by atomic mass is 19.2. The van der Waals surface area contributed by atoms with E-state index >= 15 is 0 Å². The number of halogens is 5. The Bertz CT molecular complexity index is 615. The highest BCUT2D eigenvalue weighted by molar-refractivity contribution is 5.72. The highest BCUT2D eigenvalue weighted by Gasteiger charge is 2.28. The molecule has 0 saturated carbocycles. The molecule has 1 aromatic rings. The lowest BCUT2D eigenvalue weighted by atomic mass is 10.2. The summed E-state index contributed by atoms with van der Waals surface area (Å²) in [6.07, 6.45) is 0.484. The number of carbonyl (C=O) groups excluding carboxylic acids is 1. The van der Waals surface area contributed by atoms with E-state index in [0.717, 1.165) is 6.42 Å². The molecule has 0 aliphatic heterocycles. The topological polar surface area (TPSA) is 63.2 Å². The zero-order valence-electron chi connectivity index (χ0n) is 15.9. The van der Waals surface area contributed by atoms with Crippen LogP contribution in [0.25, 0.3) is 0 Å². The van der Waals surface area contributed by atoms with Crippen molar-refractivity contribution >= 4 is 5.97 Å². The van der Waals surface area contributed by atoms with Gasteiger partial charge in [0.05, 0.1) is 52.7 Å². The monoisotopic (exact) mass is 430 g/mol. The summed E-state index contributed by atoms with van der Waals surface area (Å²) in [7, 11) is 0. The lowest BCUT2D eigenvalue weighted by molar-refractivity contribution is -0.136. The standard InChI is InChI=1S/C18H23F5O6/c1-2-4-25-6-8-27-10-11-28-9-7-26-5-3-12(24)29-18-16(22)14(20)13(19)15(21)17(18)23/h2-11H2,1H3. The van der Waals surface area contributed by atoms with Gasteiger partial charge in [0.25, 0.3) is 0 Å². The third-order valence-electron chi connectivity index (χ3n) is 3.30. The maximum Gasteiger partial charge on any atom is 0.313 e. The van der Waals surface area contributed by atoms with Crippen LogP contribution < -0.4 is 4.74 Å². The van der Waals surface area contributed by atoms with Gasteiger partial charge in [0, 0.05) is 6.61 Å². The van der Waals surface area contributed by atoms with Gasteiger partial charge in [0.1, 0.15) is 0 Å². The molecule has 0 N–H and O–H groups in total. The zero-order chi connectivity index (χ0) is 21.6. The molecular formula is C18H23F5O6. The molecular weight excluding hydrogens is 407 g/mol. The Balaban J connectivity index is 2.13. The number of benzene rings is 1. The molecule has 1 aromatic carbocycles. The van der Waals surface area contributed by atoms with Crippen molar-refractivity contribution < 1.29 is 50.4 Å². The van der Waals surface area contributed by atoms with Crippen LogP contribution in [0.1, 0.15) is 19.8 Å². The second kappa shape index (κ2) is 14.2. The van der Waals surface area contributed by atoms with Gasteiger partial charge in [-0.05, 0) is 6.42 Å². The third-order valence-corrected chi connectivity index (χ3v) is 3.30. The summed E-state index contributed by atoms with van der Waals surface area (Å²) in [6, 6.07) is 0. The fraction of sp³-hybridized carbons (Fsp3) is 0.611. The van der Waals surface area contributed by atoms with E-state index < -0.39 is 47.2 Å². The molecule has 0 aliphatic rings. The number of hydrogen-bond acceptors (Lipinski definition) is 6. The molecule has 29 heavy (non-hydrogen) atoms.